The SMILES string of the molecule is CCOc1ccc([C@@H]2C(C(=O)OC)=CN=c3s/c(=C/c4cc(Br)c(OCC)c([N+](=O)[O-])c4)c(=O)n32)cc1OCC. The lowest BCUT2D eigenvalue weighted by Crippen LogP contribution is -2.39. The van der Waals surface area contributed by atoms with Gasteiger partial charge < -0.3 is 18.9 Å². The van der Waals surface area contributed by atoms with Crippen LogP contribution in [0, 0.1) is 10.1 Å². The van der Waals surface area contributed by atoms with Crippen molar-refractivity contribution in [3.05, 3.63) is 87.5 Å². The lowest BCUT2D eigenvalue weighted by atomic mass is 9.97. The molecule has 0 fully saturated rings. The molecule has 0 saturated carbocycles. The molecule has 4 rings (SSSR count). The van der Waals surface area contributed by atoms with Gasteiger partial charge in [-0.15, -0.1) is 0 Å². The van der Waals surface area contributed by atoms with Crippen molar-refractivity contribution in [2.45, 2.75) is 26.8 Å². The molecule has 0 saturated heterocycles. The number of carbonyl (C=O) groups is 1. The van der Waals surface area contributed by atoms with Gasteiger partial charge in [0.2, 0.25) is 5.75 Å². The number of nitro groups is 1. The third kappa shape index (κ3) is 5.65. The summed E-state index contributed by atoms with van der Waals surface area (Å²) in [4.78, 5) is 42.4. The zero-order valence-corrected chi connectivity index (χ0v) is 24.5. The maximum Gasteiger partial charge on any atom is 0.337 e. The molecule has 2 aromatic carbocycles. The fourth-order valence-electron chi connectivity index (χ4n) is 4.24. The quantitative estimate of drug-likeness (QED) is 0.187. The Labute approximate surface area is 241 Å². The number of carbonyl (C=O) groups excluding carboxylic acids is 1. The first-order valence-electron chi connectivity index (χ1n) is 12.3. The van der Waals surface area contributed by atoms with Gasteiger partial charge in [-0.05, 0) is 72.1 Å². The van der Waals surface area contributed by atoms with Gasteiger partial charge in [0.05, 0.1) is 52.5 Å². The second kappa shape index (κ2) is 12.5. The first-order valence-corrected chi connectivity index (χ1v) is 13.9. The Kier molecular flexibility index (Phi) is 9.05. The van der Waals surface area contributed by atoms with Crippen molar-refractivity contribution in [3.8, 4) is 17.2 Å². The Morgan fingerprint density at radius 3 is 2.48 bits per heavy atom. The number of benzene rings is 2. The summed E-state index contributed by atoms with van der Waals surface area (Å²) in [7, 11) is 1.26. The number of hydrogen-bond donors (Lipinski definition) is 0. The number of fused-ring (bicyclic) bond motifs is 1. The van der Waals surface area contributed by atoms with Crippen LogP contribution in [0.2, 0.25) is 0 Å². The summed E-state index contributed by atoms with van der Waals surface area (Å²) in [6.07, 6.45) is 2.93. The van der Waals surface area contributed by atoms with E-state index in [-0.39, 0.29) is 28.1 Å². The van der Waals surface area contributed by atoms with Gasteiger partial charge in [0, 0.05) is 12.3 Å². The Hall–Kier alpha value is -3.97. The topological polar surface area (TPSA) is 131 Å². The molecule has 2 heterocycles. The molecule has 1 aliphatic rings. The average molecular weight is 632 g/mol. The van der Waals surface area contributed by atoms with E-state index in [1.54, 1.807) is 37.3 Å². The van der Waals surface area contributed by atoms with E-state index >= 15 is 0 Å². The summed E-state index contributed by atoms with van der Waals surface area (Å²) in [5.41, 5.74) is 0.496. The van der Waals surface area contributed by atoms with Crippen molar-refractivity contribution < 1.29 is 28.7 Å². The molecule has 11 nitrogen and oxygen atoms in total. The highest BCUT2D eigenvalue weighted by Gasteiger charge is 2.31. The first kappa shape index (κ1) is 29.0. The Bertz CT molecular complexity index is 1680. The number of aromatic nitrogens is 1. The summed E-state index contributed by atoms with van der Waals surface area (Å²) in [5, 5.41) is 11.7. The lowest BCUT2D eigenvalue weighted by molar-refractivity contribution is -0.385. The average Bonchev–Trinajstić information content (AvgIpc) is 3.25. The summed E-state index contributed by atoms with van der Waals surface area (Å²) in [6.45, 7) is 6.49. The van der Waals surface area contributed by atoms with Gasteiger partial charge >= 0.3 is 11.7 Å². The van der Waals surface area contributed by atoms with Crippen LogP contribution in [0.15, 0.2) is 56.4 Å². The Balaban J connectivity index is 1.91. The molecule has 1 aromatic heterocycles. The maximum absolute atomic E-state index is 13.8. The fourth-order valence-corrected chi connectivity index (χ4v) is 5.80. The zero-order valence-electron chi connectivity index (χ0n) is 22.1. The molecule has 1 aliphatic heterocycles. The second-order valence-electron chi connectivity index (χ2n) is 8.29. The molecule has 0 amide bonds. The van der Waals surface area contributed by atoms with Gasteiger partial charge in [0.15, 0.2) is 16.3 Å². The smallest absolute Gasteiger partial charge is 0.337 e. The van der Waals surface area contributed by atoms with Gasteiger partial charge in [-0.2, -0.15) is 0 Å². The van der Waals surface area contributed by atoms with Crippen LogP contribution in [0.25, 0.3) is 6.08 Å². The van der Waals surface area contributed by atoms with Crippen LogP contribution in [0.4, 0.5) is 5.69 Å². The number of rotatable bonds is 10. The number of methoxy groups -OCH3 is 1. The summed E-state index contributed by atoms with van der Waals surface area (Å²) >= 11 is 4.43. The number of hydrogen-bond acceptors (Lipinski definition) is 10. The molecule has 0 spiro atoms. The lowest BCUT2D eigenvalue weighted by Gasteiger charge is -2.23. The van der Waals surface area contributed by atoms with E-state index in [4.69, 9.17) is 18.9 Å². The van der Waals surface area contributed by atoms with Gasteiger partial charge in [0.1, 0.15) is 0 Å². The van der Waals surface area contributed by atoms with Crippen LogP contribution in [0.5, 0.6) is 17.2 Å². The monoisotopic (exact) mass is 631 g/mol. The van der Waals surface area contributed by atoms with Crippen molar-refractivity contribution in [3.63, 3.8) is 0 Å². The Morgan fingerprint density at radius 1 is 1.12 bits per heavy atom. The largest absolute Gasteiger partial charge is 0.490 e. The molecule has 0 bridgehead atoms. The molecule has 1 atom stereocenters. The molecule has 13 heteroatoms. The number of thiazole rings is 1. The molecule has 3 aromatic rings. The van der Waals surface area contributed by atoms with Crippen LogP contribution >= 0.6 is 27.3 Å². The van der Waals surface area contributed by atoms with Crippen LogP contribution in [0.3, 0.4) is 0 Å². The van der Waals surface area contributed by atoms with E-state index in [0.717, 1.165) is 11.3 Å². The second-order valence-corrected chi connectivity index (χ2v) is 10.2. The molecule has 210 valence electrons. The standard InChI is InChI=1S/C27H26BrN3O8S/c1-5-37-20-9-8-16(13-21(20)38-6-2)23-17(26(33)36-4)14-29-27-30(23)25(32)22(40-27)12-15-10-18(28)24(39-7-3)19(11-15)31(34)35/h8-14,23H,5-7H2,1-4H3/b22-12+/t23-/m1/s1. The third-order valence-corrected chi connectivity index (χ3v) is 7.42. The fraction of sp³-hybridized carbons (Fsp3) is 0.296. The van der Waals surface area contributed by atoms with E-state index in [1.165, 1.54) is 23.9 Å². The normalized spacial score (nSPS) is 14.6. The number of nitrogens with zero attached hydrogens (tertiary/aromatic N) is 3. The van der Waals surface area contributed by atoms with Gasteiger partial charge in [-0.3, -0.25) is 19.5 Å². The van der Waals surface area contributed by atoms with E-state index in [9.17, 15) is 19.7 Å². The summed E-state index contributed by atoms with van der Waals surface area (Å²) < 4.78 is 23.9. The van der Waals surface area contributed by atoms with Crippen LogP contribution < -0.4 is 29.1 Å². The predicted molar refractivity (Wildman–Crippen MR) is 152 cm³/mol. The van der Waals surface area contributed by atoms with Crippen LogP contribution in [-0.2, 0) is 9.53 Å². The van der Waals surface area contributed by atoms with E-state index in [0.29, 0.717) is 45.1 Å². The van der Waals surface area contributed by atoms with E-state index in [1.807, 2.05) is 13.8 Å². The van der Waals surface area contributed by atoms with Crippen LogP contribution in [0.1, 0.15) is 37.9 Å². The van der Waals surface area contributed by atoms with E-state index in [2.05, 4.69) is 20.9 Å². The highest BCUT2D eigenvalue weighted by atomic mass is 79.9. The van der Waals surface area contributed by atoms with Crippen LogP contribution in [-0.4, -0.2) is 42.4 Å². The number of esters is 1. The zero-order chi connectivity index (χ0) is 29.0. The predicted octanol–water partition coefficient (Wildman–Crippen LogP) is 3.88. The minimum atomic E-state index is -0.859. The third-order valence-electron chi connectivity index (χ3n) is 5.84. The molecule has 0 unspecified atom stereocenters. The van der Waals surface area contributed by atoms with Gasteiger partial charge in [0.25, 0.3) is 5.56 Å². The van der Waals surface area contributed by atoms with E-state index < -0.39 is 22.5 Å². The first-order chi connectivity index (χ1) is 19.2. The van der Waals surface area contributed by atoms with Gasteiger partial charge in [-0.25, -0.2) is 9.79 Å². The number of nitro benzene ring substituents is 1. The highest BCUT2D eigenvalue weighted by molar-refractivity contribution is 9.10. The van der Waals surface area contributed by atoms with Crippen molar-refractivity contribution in [1.82, 2.24) is 4.57 Å². The van der Waals surface area contributed by atoms with Gasteiger partial charge in [-0.1, -0.05) is 17.4 Å². The molecule has 0 N–H and O–H groups in total. The molecular weight excluding hydrogens is 606 g/mol. The van der Waals surface area contributed by atoms with Crippen molar-refractivity contribution >= 4 is 45.0 Å². The summed E-state index contributed by atoms with van der Waals surface area (Å²) in [6, 6.07) is 7.32. The van der Waals surface area contributed by atoms with Crippen molar-refractivity contribution in [1.29, 1.82) is 0 Å². The molecule has 0 radical (unpaired) electrons. The van der Waals surface area contributed by atoms with Crippen molar-refractivity contribution in [2.24, 2.45) is 4.99 Å². The molecule has 0 aliphatic carbocycles. The minimum absolute atomic E-state index is 0.106. The number of ether oxygens (including phenoxy) is 4. The van der Waals surface area contributed by atoms with Crippen molar-refractivity contribution in [2.75, 3.05) is 26.9 Å². The maximum atomic E-state index is 13.8. The minimum Gasteiger partial charge on any atom is -0.490 e. The summed E-state index contributed by atoms with van der Waals surface area (Å²) in [5.74, 6) is 0.471. The highest BCUT2D eigenvalue weighted by Crippen LogP contribution is 2.37. The number of halogens is 1. The molecular formula is C27H26BrN3O8S. The molecule has 40 heavy (non-hydrogen) atoms. The Morgan fingerprint density at radius 2 is 1.82 bits per heavy atom.